The van der Waals surface area contributed by atoms with Crippen molar-refractivity contribution in [2.75, 3.05) is 5.32 Å². The molecule has 4 aromatic rings. The van der Waals surface area contributed by atoms with Gasteiger partial charge in [0.05, 0.1) is 23.5 Å². The van der Waals surface area contributed by atoms with Crippen LogP contribution in [0.4, 0.5) is 5.69 Å². The largest absolute Gasteiger partial charge is 0.487 e. The summed E-state index contributed by atoms with van der Waals surface area (Å²) in [4.78, 5) is 12.7. The lowest BCUT2D eigenvalue weighted by molar-refractivity contribution is 0.102. The number of aromatic nitrogens is 2. The van der Waals surface area contributed by atoms with Crippen molar-refractivity contribution in [2.45, 2.75) is 20.1 Å². The van der Waals surface area contributed by atoms with Crippen LogP contribution >= 0.6 is 23.2 Å². The van der Waals surface area contributed by atoms with E-state index in [-0.39, 0.29) is 5.91 Å². The minimum Gasteiger partial charge on any atom is -0.487 e. The van der Waals surface area contributed by atoms with Gasteiger partial charge < -0.3 is 10.1 Å². The molecule has 0 aliphatic rings. The molecule has 0 saturated carbocycles. The zero-order valence-electron chi connectivity index (χ0n) is 17.4. The van der Waals surface area contributed by atoms with Crippen LogP contribution in [0.1, 0.15) is 27.0 Å². The first kappa shape index (κ1) is 21.9. The molecule has 3 aromatic carbocycles. The van der Waals surface area contributed by atoms with Gasteiger partial charge in [-0.3, -0.25) is 9.48 Å². The van der Waals surface area contributed by atoms with Crippen molar-refractivity contribution in [3.8, 4) is 5.75 Å². The number of hydrogen-bond acceptors (Lipinski definition) is 3. The number of amides is 1. The lowest BCUT2D eigenvalue weighted by atomic mass is 10.1. The van der Waals surface area contributed by atoms with Crippen molar-refractivity contribution >= 4 is 34.8 Å². The number of halogens is 2. The monoisotopic (exact) mass is 465 g/mol. The summed E-state index contributed by atoms with van der Waals surface area (Å²) in [6, 6.07) is 20.5. The average Bonchev–Trinajstić information content (AvgIpc) is 3.21. The Morgan fingerprint density at radius 2 is 1.84 bits per heavy atom. The van der Waals surface area contributed by atoms with Crippen molar-refractivity contribution in [1.82, 2.24) is 9.78 Å². The molecule has 0 radical (unpaired) electrons. The van der Waals surface area contributed by atoms with Gasteiger partial charge >= 0.3 is 0 Å². The average molecular weight is 466 g/mol. The second-order valence-electron chi connectivity index (χ2n) is 7.43. The van der Waals surface area contributed by atoms with E-state index in [1.165, 1.54) is 0 Å². The predicted molar refractivity (Wildman–Crippen MR) is 128 cm³/mol. The first-order valence-corrected chi connectivity index (χ1v) is 10.8. The van der Waals surface area contributed by atoms with Crippen LogP contribution in [-0.2, 0) is 13.2 Å². The highest BCUT2D eigenvalue weighted by Crippen LogP contribution is 2.26. The van der Waals surface area contributed by atoms with Crippen LogP contribution in [0.15, 0.2) is 79.1 Å². The summed E-state index contributed by atoms with van der Waals surface area (Å²) in [5.41, 5.74) is 4.11. The third-order valence-electron chi connectivity index (χ3n) is 4.79. The molecule has 4 rings (SSSR count). The molecule has 32 heavy (non-hydrogen) atoms. The van der Waals surface area contributed by atoms with Crippen LogP contribution in [-0.4, -0.2) is 15.7 Å². The minimum atomic E-state index is -0.220. The van der Waals surface area contributed by atoms with E-state index < -0.39 is 0 Å². The second-order valence-corrected chi connectivity index (χ2v) is 8.28. The molecule has 0 unspecified atom stereocenters. The number of nitrogens with zero attached hydrogens (tertiary/aromatic N) is 2. The van der Waals surface area contributed by atoms with Gasteiger partial charge in [0.15, 0.2) is 0 Å². The van der Waals surface area contributed by atoms with E-state index in [2.05, 4.69) is 10.4 Å². The van der Waals surface area contributed by atoms with E-state index in [1.807, 2.05) is 61.5 Å². The molecule has 7 heteroatoms. The Morgan fingerprint density at radius 3 is 2.69 bits per heavy atom. The predicted octanol–water partition coefficient (Wildman–Crippen LogP) is 6.38. The molecule has 1 N–H and O–H groups in total. The highest BCUT2D eigenvalue weighted by Gasteiger charge is 2.10. The van der Waals surface area contributed by atoms with Crippen LogP contribution in [0.5, 0.6) is 5.75 Å². The SMILES string of the molecule is Cc1ccc(Cl)c(OCc2cccc(C(=O)Nc3cnn(Cc4cccc(Cl)c4)c3)c2)c1. The van der Waals surface area contributed by atoms with Crippen LogP contribution in [0.3, 0.4) is 0 Å². The van der Waals surface area contributed by atoms with E-state index in [1.54, 1.807) is 29.2 Å². The van der Waals surface area contributed by atoms with Gasteiger partial charge in [0.1, 0.15) is 12.4 Å². The van der Waals surface area contributed by atoms with E-state index in [4.69, 9.17) is 27.9 Å². The number of carbonyl (C=O) groups is 1. The molecule has 0 atom stereocenters. The van der Waals surface area contributed by atoms with E-state index >= 15 is 0 Å². The summed E-state index contributed by atoms with van der Waals surface area (Å²) in [5.74, 6) is 0.399. The number of ether oxygens (including phenoxy) is 1. The van der Waals surface area contributed by atoms with Gasteiger partial charge in [-0.1, -0.05) is 53.5 Å². The van der Waals surface area contributed by atoms with Gasteiger partial charge in [-0.05, 0) is 60.0 Å². The fourth-order valence-electron chi connectivity index (χ4n) is 3.22. The molecule has 0 spiro atoms. The van der Waals surface area contributed by atoms with E-state index in [0.717, 1.165) is 16.7 Å². The van der Waals surface area contributed by atoms with E-state index in [0.29, 0.717) is 40.2 Å². The van der Waals surface area contributed by atoms with Crippen molar-refractivity contribution < 1.29 is 9.53 Å². The van der Waals surface area contributed by atoms with Gasteiger partial charge in [-0.2, -0.15) is 5.10 Å². The summed E-state index contributed by atoms with van der Waals surface area (Å²) in [7, 11) is 0. The third kappa shape index (κ3) is 5.69. The molecule has 0 aliphatic carbocycles. The fourth-order valence-corrected chi connectivity index (χ4v) is 3.61. The number of hydrogen-bond donors (Lipinski definition) is 1. The summed E-state index contributed by atoms with van der Waals surface area (Å²) >= 11 is 12.2. The lowest BCUT2D eigenvalue weighted by Gasteiger charge is -2.10. The topological polar surface area (TPSA) is 56.1 Å². The van der Waals surface area contributed by atoms with Crippen LogP contribution in [0.2, 0.25) is 10.0 Å². The minimum absolute atomic E-state index is 0.220. The Hall–Kier alpha value is -3.28. The normalized spacial score (nSPS) is 10.7. The van der Waals surface area contributed by atoms with E-state index in [9.17, 15) is 4.79 Å². The summed E-state index contributed by atoms with van der Waals surface area (Å²) in [5, 5.41) is 8.43. The molecule has 0 saturated heterocycles. The van der Waals surface area contributed by atoms with Gasteiger partial charge in [0.25, 0.3) is 5.91 Å². The number of anilines is 1. The van der Waals surface area contributed by atoms with Gasteiger partial charge in [0, 0.05) is 16.8 Å². The number of benzene rings is 3. The molecule has 0 aliphatic heterocycles. The van der Waals surface area contributed by atoms with Crippen molar-refractivity contribution in [1.29, 1.82) is 0 Å². The Balaban J connectivity index is 1.38. The van der Waals surface area contributed by atoms with Crippen LogP contribution < -0.4 is 10.1 Å². The fraction of sp³-hybridized carbons (Fsp3) is 0.120. The Labute approximate surface area is 196 Å². The van der Waals surface area contributed by atoms with Gasteiger partial charge in [0.2, 0.25) is 0 Å². The van der Waals surface area contributed by atoms with Crippen LogP contribution in [0.25, 0.3) is 0 Å². The first-order chi connectivity index (χ1) is 15.5. The molecule has 0 bridgehead atoms. The highest BCUT2D eigenvalue weighted by atomic mass is 35.5. The van der Waals surface area contributed by atoms with Gasteiger partial charge in [-0.15, -0.1) is 0 Å². The molecular formula is C25H21Cl2N3O2. The third-order valence-corrected chi connectivity index (χ3v) is 5.34. The van der Waals surface area contributed by atoms with Crippen molar-refractivity contribution in [2.24, 2.45) is 0 Å². The van der Waals surface area contributed by atoms with Crippen molar-refractivity contribution in [3.05, 3.63) is 111 Å². The molecule has 1 heterocycles. The molecule has 0 fully saturated rings. The summed E-state index contributed by atoms with van der Waals surface area (Å²) in [6.45, 7) is 2.85. The number of nitrogens with one attached hydrogen (secondary N) is 1. The smallest absolute Gasteiger partial charge is 0.255 e. The number of carbonyl (C=O) groups excluding carboxylic acids is 1. The summed E-state index contributed by atoms with van der Waals surface area (Å²) in [6.07, 6.45) is 3.40. The first-order valence-electron chi connectivity index (χ1n) is 10.0. The Morgan fingerprint density at radius 1 is 1.03 bits per heavy atom. The number of aryl methyl sites for hydroxylation is 1. The highest BCUT2D eigenvalue weighted by molar-refractivity contribution is 6.32. The number of rotatable bonds is 7. The Bertz CT molecular complexity index is 1250. The summed E-state index contributed by atoms with van der Waals surface area (Å²) < 4.78 is 7.59. The molecule has 1 amide bonds. The molecule has 162 valence electrons. The maximum atomic E-state index is 12.7. The maximum Gasteiger partial charge on any atom is 0.255 e. The van der Waals surface area contributed by atoms with Crippen LogP contribution in [0, 0.1) is 6.92 Å². The maximum absolute atomic E-state index is 12.7. The zero-order chi connectivity index (χ0) is 22.5. The molecule has 5 nitrogen and oxygen atoms in total. The zero-order valence-corrected chi connectivity index (χ0v) is 18.9. The molecular weight excluding hydrogens is 445 g/mol. The lowest BCUT2D eigenvalue weighted by Crippen LogP contribution is -2.12. The van der Waals surface area contributed by atoms with Gasteiger partial charge in [-0.25, -0.2) is 0 Å². The Kier molecular flexibility index (Phi) is 6.78. The van der Waals surface area contributed by atoms with Crippen molar-refractivity contribution in [3.63, 3.8) is 0 Å². The quantitative estimate of drug-likeness (QED) is 0.344. The second kappa shape index (κ2) is 9.90. The standard InChI is InChI=1S/C25H21Cl2N3O2/c1-17-8-9-23(27)24(10-17)32-16-19-5-2-6-20(11-19)25(31)29-22-13-28-30(15-22)14-18-4-3-7-21(26)12-18/h2-13,15H,14,16H2,1H3,(H,29,31). The molecule has 1 aromatic heterocycles.